The fraction of sp³-hybridized carbons (Fsp3) is 0.222. The highest BCUT2D eigenvalue weighted by molar-refractivity contribution is 6.50. The van der Waals surface area contributed by atoms with Crippen LogP contribution >= 0.6 is 23.2 Å². The van der Waals surface area contributed by atoms with E-state index in [0.717, 1.165) is 5.01 Å². The van der Waals surface area contributed by atoms with E-state index >= 15 is 0 Å². The van der Waals surface area contributed by atoms with Crippen molar-refractivity contribution < 1.29 is 14.3 Å². The topological polar surface area (TPSA) is 138 Å². The van der Waals surface area contributed by atoms with Gasteiger partial charge in [0, 0.05) is 6.04 Å². The van der Waals surface area contributed by atoms with Crippen LogP contribution in [0.2, 0.25) is 10.0 Å². The third-order valence-electron chi connectivity index (χ3n) is 4.05. The van der Waals surface area contributed by atoms with Crippen LogP contribution in [0.4, 0.5) is 5.69 Å². The molecule has 154 valence electrons. The molecule has 2 aromatic rings. The number of amides is 1. The van der Waals surface area contributed by atoms with Gasteiger partial charge in [0.15, 0.2) is 5.75 Å². The van der Waals surface area contributed by atoms with Gasteiger partial charge < -0.3 is 4.74 Å². The van der Waals surface area contributed by atoms with Gasteiger partial charge in [-0.25, -0.2) is 4.79 Å². The van der Waals surface area contributed by atoms with E-state index in [0.29, 0.717) is 0 Å². The second-order valence-corrected chi connectivity index (χ2v) is 7.27. The SMILES string of the molecule is CC(C)n1cc(Oc2c(Cl)cc(N3N=C(C#N)C(=O)CC3=O)cc2Cl)c(=O)[nH]c1=O. The Morgan fingerprint density at radius 2 is 1.83 bits per heavy atom. The maximum atomic E-state index is 12.1. The van der Waals surface area contributed by atoms with Crippen LogP contribution in [-0.4, -0.2) is 27.0 Å². The highest BCUT2D eigenvalue weighted by atomic mass is 35.5. The Labute approximate surface area is 178 Å². The molecule has 10 nitrogen and oxygen atoms in total. The molecule has 2 heterocycles. The van der Waals surface area contributed by atoms with E-state index in [9.17, 15) is 19.2 Å². The lowest BCUT2D eigenvalue weighted by Crippen LogP contribution is -2.36. The molecule has 0 radical (unpaired) electrons. The van der Waals surface area contributed by atoms with Gasteiger partial charge in [-0.2, -0.15) is 15.4 Å². The van der Waals surface area contributed by atoms with Gasteiger partial charge in [0.05, 0.1) is 28.4 Å². The van der Waals surface area contributed by atoms with Crippen LogP contribution in [0.5, 0.6) is 11.5 Å². The number of nitrogens with one attached hydrogen (secondary N) is 1. The van der Waals surface area contributed by atoms with Crippen molar-refractivity contribution in [3.63, 3.8) is 0 Å². The number of hydrogen-bond acceptors (Lipinski definition) is 7. The second-order valence-electron chi connectivity index (χ2n) is 6.46. The van der Waals surface area contributed by atoms with Crippen LogP contribution in [0.15, 0.2) is 33.0 Å². The molecule has 0 saturated heterocycles. The second kappa shape index (κ2) is 8.14. The molecule has 1 aliphatic rings. The minimum absolute atomic E-state index is 0.0717. The van der Waals surface area contributed by atoms with Crippen molar-refractivity contribution in [2.45, 2.75) is 26.3 Å². The number of anilines is 1. The first-order valence-electron chi connectivity index (χ1n) is 8.49. The number of ketones is 1. The lowest BCUT2D eigenvalue weighted by molar-refractivity contribution is -0.124. The molecule has 3 rings (SSSR count). The molecule has 0 unspecified atom stereocenters. The first-order chi connectivity index (χ1) is 14.1. The average molecular weight is 450 g/mol. The Balaban J connectivity index is 2.02. The van der Waals surface area contributed by atoms with Gasteiger partial charge in [0.2, 0.25) is 17.2 Å². The number of rotatable bonds is 4. The summed E-state index contributed by atoms with van der Waals surface area (Å²) in [5.74, 6) is -1.66. The van der Waals surface area contributed by atoms with Crippen molar-refractivity contribution in [3.05, 3.63) is 49.2 Å². The number of hydrazone groups is 1. The molecular formula is C18H13Cl2N5O5. The first kappa shape index (κ1) is 21.3. The molecule has 0 bridgehead atoms. The van der Waals surface area contributed by atoms with Gasteiger partial charge >= 0.3 is 5.69 Å². The van der Waals surface area contributed by atoms with E-state index in [1.54, 1.807) is 19.9 Å². The van der Waals surface area contributed by atoms with Crippen LogP contribution in [0, 0.1) is 11.3 Å². The molecule has 0 atom stereocenters. The molecule has 1 N–H and O–H groups in total. The summed E-state index contributed by atoms with van der Waals surface area (Å²) in [4.78, 5) is 49.8. The lowest BCUT2D eigenvalue weighted by atomic mass is 10.1. The van der Waals surface area contributed by atoms with Crippen molar-refractivity contribution >= 4 is 46.3 Å². The highest BCUT2D eigenvalue weighted by Gasteiger charge is 2.29. The number of Topliss-reactive ketones (excluding diaryl/α,β-unsaturated/α-hetero) is 1. The summed E-state index contributed by atoms with van der Waals surface area (Å²) in [6.07, 6.45) is 0.710. The number of carbonyl (C=O) groups is 2. The van der Waals surface area contributed by atoms with Crippen molar-refractivity contribution in [2.24, 2.45) is 5.10 Å². The van der Waals surface area contributed by atoms with Crippen LogP contribution in [-0.2, 0) is 9.59 Å². The van der Waals surface area contributed by atoms with E-state index in [1.165, 1.54) is 22.9 Å². The zero-order valence-corrected chi connectivity index (χ0v) is 17.1. The maximum absolute atomic E-state index is 12.1. The van der Waals surface area contributed by atoms with Crippen molar-refractivity contribution in [1.29, 1.82) is 5.26 Å². The smallest absolute Gasteiger partial charge is 0.328 e. The number of ether oxygens (including phenoxy) is 1. The van der Waals surface area contributed by atoms with Gasteiger partial charge in [-0.1, -0.05) is 23.2 Å². The van der Waals surface area contributed by atoms with Crippen molar-refractivity contribution in [2.75, 3.05) is 5.01 Å². The number of halogens is 2. The molecule has 0 fully saturated rings. The standard InChI is InChI=1S/C18H13Cl2N5O5/c1-8(2)24-7-14(17(28)22-18(24)29)30-16-10(19)3-9(4-11(16)20)25-15(27)5-13(26)12(6-21)23-25/h3-4,7-8H,5H2,1-2H3,(H,22,28,29). The first-order valence-corrected chi connectivity index (χ1v) is 9.25. The summed E-state index contributed by atoms with van der Waals surface area (Å²) in [6.45, 7) is 3.49. The monoisotopic (exact) mass is 449 g/mol. The molecule has 1 aliphatic heterocycles. The Kier molecular flexibility index (Phi) is 5.78. The third kappa shape index (κ3) is 3.98. The lowest BCUT2D eigenvalue weighted by Gasteiger charge is -2.22. The summed E-state index contributed by atoms with van der Waals surface area (Å²) in [5.41, 5.74) is -1.70. The van der Waals surface area contributed by atoms with Gasteiger partial charge in [0.25, 0.3) is 11.5 Å². The van der Waals surface area contributed by atoms with Gasteiger partial charge in [-0.3, -0.25) is 23.9 Å². The molecule has 0 aliphatic carbocycles. The molecular weight excluding hydrogens is 437 g/mol. The minimum Gasteiger partial charge on any atom is -0.447 e. The van der Waals surface area contributed by atoms with Crippen molar-refractivity contribution in [3.8, 4) is 17.6 Å². The number of H-pyrrole nitrogens is 1. The summed E-state index contributed by atoms with van der Waals surface area (Å²) < 4.78 is 6.79. The molecule has 1 amide bonds. The van der Waals surface area contributed by atoms with Gasteiger partial charge in [-0.15, -0.1) is 0 Å². The third-order valence-corrected chi connectivity index (χ3v) is 4.61. The Morgan fingerprint density at radius 1 is 1.20 bits per heavy atom. The van der Waals surface area contributed by atoms with Gasteiger partial charge in [-0.05, 0) is 26.0 Å². The predicted octanol–water partition coefficient (Wildman–Crippen LogP) is 2.40. The van der Waals surface area contributed by atoms with Gasteiger partial charge in [0.1, 0.15) is 6.07 Å². The highest BCUT2D eigenvalue weighted by Crippen LogP contribution is 2.39. The molecule has 1 aromatic carbocycles. The Bertz CT molecular complexity index is 1230. The quantitative estimate of drug-likeness (QED) is 0.710. The normalized spacial score (nSPS) is 14.0. The summed E-state index contributed by atoms with van der Waals surface area (Å²) in [5, 5.41) is 13.4. The van der Waals surface area contributed by atoms with Crippen LogP contribution < -0.4 is 21.0 Å². The van der Waals surface area contributed by atoms with Crippen LogP contribution in [0.1, 0.15) is 26.3 Å². The number of nitriles is 1. The molecule has 30 heavy (non-hydrogen) atoms. The number of hydrogen-bond donors (Lipinski definition) is 1. The van der Waals surface area contributed by atoms with E-state index in [2.05, 4.69) is 10.1 Å². The number of aromatic nitrogens is 2. The van der Waals surface area contributed by atoms with E-state index in [-0.39, 0.29) is 33.3 Å². The van der Waals surface area contributed by atoms with Crippen LogP contribution in [0.25, 0.3) is 0 Å². The molecule has 0 spiro atoms. The maximum Gasteiger partial charge on any atom is 0.328 e. The van der Waals surface area contributed by atoms with E-state index in [4.69, 9.17) is 33.2 Å². The van der Waals surface area contributed by atoms with Crippen molar-refractivity contribution in [1.82, 2.24) is 9.55 Å². The van der Waals surface area contributed by atoms with Crippen LogP contribution in [0.3, 0.4) is 0 Å². The number of aromatic amines is 1. The zero-order valence-electron chi connectivity index (χ0n) is 15.6. The summed E-state index contributed by atoms with van der Waals surface area (Å²) in [6, 6.07) is 3.94. The van der Waals surface area contributed by atoms with E-state index < -0.39 is 35.1 Å². The molecule has 12 heteroatoms. The molecule has 0 saturated carbocycles. The predicted molar refractivity (Wildman–Crippen MR) is 108 cm³/mol. The largest absolute Gasteiger partial charge is 0.447 e. The summed E-state index contributed by atoms with van der Waals surface area (Å²) >= 11 is 12.5. The number of carbonyl (C=O) groups excluding carboxylic acids is 2. The molecule has 1 aromatic heterocycles. The Hall–Kier alpha value is -3.42. The fourth-order valence-corrected chi connectivity index (χ4v) is 3.15. The van der Waals surface area contributed by atoms with E-state index in [1.807, 2.05) is 0 Å². The zero-order chi connectivity index (χ0) is 22.2. The number of nitrogens with zero attached hydrogens (tertiary/aromatic N) is 4. The average Bonchev–Trinajstić information content (AvgIpc) is 2.65. The number of benzene rings is 1. The summed E-state index contributed by atoms with van der Waals surface area (Å²) in [7, 11) is 0. The fourth-order valence-electron chi connectivity index (χ4n) is 2.59. The Morgan fingerprint density at radius 3 is 2.40 bits per heavy atom. The minimum atomic E-state index is -0.777.